The lowest BCUT2D eigenvalue weighted by Gasteiger charge is -2.22. The molecule has 0 amide bonds. The molecule has 0 aliphatic carbocycles. The second kappa shape index (κ2) is 7.89. The van der Waals surface area contributed by atoms with Crippen LogP contribution in [0, 0.1) is 0 Å². The average molecular weight is 333 g/mol. The van der Waals surface area contributed by atoms with Gasteiger partial charge < -0.3 is 5.11 Å². The quantitative estimate of drug-likeness (QED) is 0.805. The van der Waals surface area contributed by atoms with Gasteiger partial charge in [-0.2, -0.15) is 4.31 Å². The fourth-order valence-electron chi connectivity index (χ4n) is 2.17. The molecular formula is C17H19NO4S. The molecule has 0 bridgehead atoms. The van der Waals surface area contributed by atoms with Gasteiger partial charge in [0.25, 0.3) is 0 Å². The van der Waals surface area contributed by atoms with Crippen molar-refractivity contribution < 1.29 is 18.3 Å². The Hall–Kier alpha value is -2.18. The van der Waals surface area contributed by atoms with Crippen LogP contribution in [-0.4, -0.2) is 29.6 Å². The average Bonchev–Trinajstić information content (AvgIpc) is 2.54. The van der Waals surface area contributed by atoms with Crippen LogP contribution in [0.4, 0.5) is 0 Å². The second-order valence-corrected chi connectivity index (χ2v) is 7.29. The number of rotatable bonds is 8. The third kappa shape index (κ3) is 5.50. The summed E-state index contributed by atoms with van der Waals surface area (Å²) in [5.74, 6) is -1.52. The summed E-state index contributed by atoms with van der Waals surface area (Å²) in [4.78, 5) is 10.7. The predicted octanol–water partition coefficient (Wildman–Crippen LogP) is 2.49. The first-order chi connectivity index (χ1) is 11.0. The van der Waals surface area contributed by atoms with Crippen LogP contribution < -0.4 is 0 Å². The topological polar surface area (TPSA) is 74.7 Å². The van der Waals surface area contributed by atoms with Crippen LogP contribution in [0.3, 0.4) is 0 Å². The largest absolute Gasteiger partial charge is 0.481 e. The molecule has 0 radical (unpaired) electrons. The highest BCUT2D eigenvalue weighted by atomic mass is 32.2. The number of sulfonamides is 1. The van der Waals surface area contributed by atoms with E-state index in [0.29, 0.717) is 0 Å². The number of benzene rings is 2. The summed E-state index contributed by atoms with van der Waals surface area (Å²) in [5, 5.41) is 8.76. The van der Waals surface area contributed by atoms with Gasteiger partial charge in [0.1, 0.15) is 0 Å². The highest BCUT2D eigenvalue weighted by molar-refractivity contribution is 7.89. The van der Waals surface area contributed by atoms with Crippen molar-refractivity contribution in [2.75, 3.05) is 5.75 Å². The van der Waals surface area contributed by atoms with Crippen molar-refractivity contribution in [1.29, 1.82) is 0 Å². The van der Waals surface area contributed by atoms with E-state index >= 15 is 0 Å². The number of hydrogen-bond acceptors (Lipinski definition) is 3. The normalized spacial score (nSPS) is 11.5. The van der Waals surface area contributed by atoms with Crippen LogP contribution >= 0.6 is 0 Å². The second-order valence-electron chi connectivity index (χ2n) is 5.20. The highest BCUT2D eigenvalue weighted by Gasteiger charge is 2.23. The Labute approximate surface area is 136 Å². The predicted molar refractivity (Wildman–Crippen MR) is 88.2 cm³/mol. The molecule has 0 unspecified atom stereocenters. The minimum Gasteiger partial charge on any atom is -0.481 e. The number of carboxylic acid groups (broad SMARTS) is 1. The Morgan fingerprint density at radius 1 is 0.870 bits per heavy atom. The molecule has 2 aromatic carbocycles. The van der Waals surface area contributed by atoms with Crippen molar-refractivity contribution in [3.05, 3.63) is 71.8 Å². The molecule has 0 aliphatic heterocycles. The first kappa shape index (κ1) is 17.2. The molecule has 2 aromatic rings. The van der Waals surface area contributed by atoms with Crippen molar-refractivity contribution >= 4 is 16.0 Å². The Bertz CT molecular complexity index is 688. The summed E-state index contributed by atoms with van der Waals surface area (Å²) >= 11 is 0. The molecule has 122 valence electrons. The third-order valence-corrected chi connectivity index (χ3v) is 5.14. The fraction of sp³-hybridized carbons (Fsp3) is 0.235. The van der Waals surface area contributed by atoms with Gasteiger partial charge in [0.05, 0.1) is 12.2 Å². The number of nitrogens with zero attached hydrogens (tertiary/aromatic N) is 1. The lowest BCUT2D eigenvalue weighted by molar-refractivity contribution is -0.136. The van der Waals surface area contributed by atoms with Crippen LogP contribution in [0.25, 0.3) is 0 Å². The van der Waals surface area contributed by atoms with Gasteiger partial charge >= 0.3 is 5.97 Å². The lowest BCUT2D eigenvalue weighted by Crippen LogP contribution is -2.33. The monoisotopic (exact) mass is 333 g/mol. The molecular weight excluding hydrogens is 314 g/mol. The zero-order valence-corrected chi connectivity index (χ0v) is 13.4. The van der Waals surface area contributed by atoms with Gasteiger partial charge in [-0.25, -0.2) is 8.42 Å². The van der Waals surface area contributed by atoms with Crippen molar-refractivity contribution in [2.24, 2.45) is 0 Å². The Balaban J connectivity index is 2.21. The van der Waals surface area contributed by atoms with E-state index in [1.807, 2.05) is 60.7 Å². The number of carbonyl (C=O) groups is 1. The zero-order valence-electron chi connectivity index (χ0n) is 12.6. The molecule has 5 nitrogen and oxygen atoms in total. The van der Waals surface area contributed by atoms with Gasteiger partial charge in [-0.3, -0.25) is 4.79 Å². The van der Waals surface area contributed by atoms with Crippen molar-refractivity contribution in [3.63, 3.8) is 0 Å². The van der Waals surface area contributed by atoms with Crippen molar-refractivity contribution in [2.45, 2.75) is 19.5 Å². The molecule has 2 rings (SSSR count). The van der Waals surface area contributed by atoms with Crippen molar-refractivity contribution in [1.82, 2.24) is 4.31 Å². The van der Waals surface area contributed by atoms with Gasteiger partial charge in [-0.05, 0) is 11.1 Å². The fourth-order valence-corrected chi connectivity index (χ4v) is 3.55. The maximum Gasteiger partial charge on any atom is 0.304 e. The molecule has 0 aliphatic rings. The molecule has 6 heteroatoms. The van der Waals surface area contributed by atoms with E-state index in [1.54, 1.807) is 0 Å². The van der Waals surface area contributed by atoms with E-state index in [-0.39, 0.29) is 13.1 Å². The zero-order chi connectivity index (χ0) is 16.7. The molecule has 23 heavy (non-hydrogen) atoms. The first-order valence-electron chi connectivity index (χ1n) is 7.25. The Morgan fingerprint density at radius 3 is 1.70 bits per heavy atom. The number of carboxylic acids is 1. The Morgan fingerprint density at radius 2 is 1.30 bits per heavy atom. The van der Waals surface area contributed by atoms with Crippen LogP contribution in [0.1, 0.15) is 17.5 Å². The summed E-state index contributed by atoms with van der Waals surface area (Å²) in [6.45, 7) is 0.440. The molecule has 1 N–H and O–H groups in total. The third-order valence-electron chi connectivity index (χ3n) is 3.37. The van der Waals surface area contributed by atoms with Crippen LogP contribution in [-0.2, 0) is 27.9 Å². The van der Waals surface area contributed by atoms with E-state index in [1.165, 1.54) is 4.31 Å². The van der Waals surface area contributed by atoms with E-state index in [4.69, 9.17) is 5.11 Å². The maximum absolute atomic E-state index is 12.5. The van der Waals surface area contributed by atoms with E-state index < -0.39 is 28.2 Å². The molecule has 0 saturated carbocycles. The summed E-state index contributed by atoms with van der Waals surface area (Å²) < 4.78 is 26.3. The van der Waals surface area contributed by atoms with Gasteiger partial charge in [-0.15, -0.1) is 0 Å². The Kier molecular flexibility index (Phi) is 5.90. The maximum atomic E-state index is 12.5. The number of hydrogen-bond donors (Lipinski definition) is 1. The van der Waals surface area contributed by atoms with Crippen LogP contribution in [0.5, 0.6) is 0 Å². The van der Waals surface area contributed by atoms with Gasteiger partial charge in [0, 0.05) is 13.1 Å². The van der Waals surface area contributed by atoms with Crippen LogP contribution in [0.2, 0.25) is 0 Å². The van der Waals surface area contributed by atoms with Gasteiger partial charge in [0.2, 0.25) is 10.0 Å². The molecule has 0 atom stereocenters. The van der Waals surface area contributed by atoms with Gasteiger partial charge in [0.15, 0.2) is 0 Å². The van der Waals surface area contributed by atoms with Crippen molar-refractivity contribution in [3.8, 4) is 0 Å². The minimum absolute atomic E-state index is 0.220. The molecule has 0 fully saturated rings. The highest BCUT2D eigenvalue weighted by Crippen LogP contribution is 2.15. The molecule has 0 spiro atoms. The van der Waals surface area contributed by atoms with E-state index in [9.17, 15) is 13.2 Å². The SMILES string of the molecule is O=C(O)CCS(=O)(=O)N(Cc1ccccc1)Cc1ccccc1. The van der Waals surface area contributed by atoms with Gasteiger partial charge in [-0.1, -0.05) is 60.7 Å². The summed E-state index contributed by atoms with van der Waals surface area (Å²) in [6, 6.07) is 18.5. The summed E-state index contributed by atoms with van der Waals surface area (Å²) in [7, 11) is -3.66. The summed E-state index contributed by atoms with van der Waals surface area (Å²) in [6.07, 6.45) is -0.400. The first-order valence-corrected chi connectivity index (χ1v) is 8.86. The molecule has 0 heterocycles. The minimum atomic E-state index is -3.66. The smallest absolute Gasteiger partial charge is 0.304 e. The molecule has 0 saturated heterocycles. The van der Waals surface area contributed by atoms with E-state index in [2.05, 4.69) is 0 Å². The standard InChI is InChI=1S/C17H19NO4S/c19-17(20)11-12-23(21,22)18(13-15-7-3-1-4-8-15)14-16-9-5-2-6-10-16/h1-10H,11-14H2,(H,19,20). The lowest BCUT2D eigenvalue weighted by atomic mass is 10.2. The van der Waals surface area contributed by atoms with Crippen LogP contribution in [0.15, 0.2) is 60.7 Å². The molecule has 0 aromatic heterocycles. The number of aliphatic carboxylic acids is 1. The van der Waals surface area contributed by atoms with E-state index in [0.717, 1.165) is 11.1 Å². The summed E-state index contributed by atoms with van der Waals surface area (Å²) in [5.41, 5.74) is 1.73.